The molecule has 1 atom stereocenters. The first-order valence-corrected chi connectivity index (χ1v) is 10.6. The average Bonchev–Trinajstić information content (AvgIpc) is 3.15. The van der Waals surface area contributed by atoms with E-state index in [4.69, 9.17) is 9.47 Å². The topological polar surface area (TPSA) is 55.8 Å². The van der Waals surface area contributed by atoms with Crippen LogP contribution in [-0.4, -0.2) is 30.4 Å². The van der Waals surface area contributed by atoms with Crippen LogP contribution in [0.4, 0.5) is 0 Å². The first kappa shape index (κ1) is 20.9. The van der Waals surface area contributed by atoms with E-state index < -0.39 is 12.1 Å². The lowest BCUT2D eigenvalue weighted by molar-refractivity contribution is -0.149. The molecular weight excluding hydrogens is 388 g/mol. The number of carbonyl (C=O) groups is 1. The number of hydrogen-bond acceptors (Lipinski definition) is 3. The van der Waals surface area contributed by atoms with Gasteiger partial charge in [0.2, 0.25) is 0 Å². The molecule has 0 radical (unpaired) electrons. The fraction of sp³-hybridized carbons (Fsp3) is 0.222. The molecule has 4 heteroatoms. The summed E-state index contributed by atoms with van der Waals surface area (Å²) in [6, 6.07) is 22.7. The maximum absolute atomic E-state index is 11.2. The zero-order valence-corrected chi connectivity index (χ0v) is 17.6. The summed E-state index contributed by atoms with van der Waals surface area (Å²) < 4.78 is 11.1. The third kappa shape index (κ3) is 5.04. The van der Waals surface area contributed by atoms with E-state index in [1.807, 2.05) is 30.3 Å². The SMILES string of the molecule is CCO[C@@H](Cc1ccc(OC/C=C/c2ccc3c(c2)Cc2ccccc2-3)cc1)C(=O)O. The smallest absolute Gasteiger partial charge is 0.333 e. The summed E-state index contributed by atoms with van der Waals surface area (Å²) in [6.07, 6.45) is 4.60. The predicted molar refractivity (Wildman–Crippen MR) is 122 cm³/mol. The molecule has 0 saturated carbocycles. The fourth-order valence-electron chi connectivity index (χ4n) is 3.95. The van der Waals surface area contributed by atoms with Gasteiger partial charge in [0.1, 0.15) is 12.4 Å². The Morgan fingerprint density at radius 3 is 2.58 bits per heavy atom. The van der Waals surface area contributed by atoms with Crippen molar-refractivity contribution >= 4 is 12.0 Å². The lowest BCUT2D eigenvalue weighted by Crippen LogP contribution is -2.26. The highest BCUT2D eigenvalue weighted by Gasteiger charge is 2.18. The number of hydrogen-bond donors (Lipinski definition) is 1. The van der Waals surface area contributed by atoms with E-state index in [-0.39, 0.29) is 0 Å². The van der Waals surface area contributed by atoms with E-state index >= 15 is 0 Å². The summed E-state index contributed by atoms with van der Waals surface area (Å²) >= 11 is 0. The van der Waals surface area contributed by atoms with Crippen molar-refractivity contribution in [1.82, 2.24) is 0 Å². The van der Waals surface area contributed by atoms with Crippen molar-refractivity contribution in [3.05, 3.63) is 95.1 Å². The maximum Gasteiger partial charge on any atom is 0.333 e. The van der Waals surface area contributed by atoms with Gasteiger partial charge in [-0.2, -0.15) is 0 Å². The molecule has 4 nitrogen and oxygen atoms in total. The third-order valence-corrected chi connectivity index (χ3v) is 5.46. The molecule has 4 rings (SSSR count). The van der Waals surface area contributed by atoms with Crippen LogP contribution in [-0.2, 0) is 22.4 Å². The number of carboxylic acid groups (broad SMARTS) is 1. The van der Waals surface area contributed by atoms with Crippen LogP contribution in [0.2, 0.25) is 0 Å². The maximum atomic E-state index is 11.2. The van der Waals surface area contributed by atoms with Gasteiger partial charge in [-0.15, -0.1) is 0 Å². The Balaban J connectivity index is 1.31. The number of fused-ring (bicyclic) bond motifs is 3. The zero-order valence-electron chi connectivity index (χ0n) is 17.6. The van der Waals surface area contributed by atoms with Crippen LogP contribution in [0.3, 0.4) is 0 Å². The second kappa shape index (κ2) is 9.63. The highest BCUT2D eigenvalue weighted by Crippen LogP contribution is 2.36. The number of ether oxygens (including phenoxy) is 2. The van der Waals surface area contributed by atoms with Gasteiger partial charge in [-0.25, -0.2) is 4.79 Å². The molecule has 1 aliphatic rings. The van der Waals surface area contributed by atoms with Crippen molar-refractivity contribution in [3.8, 4) is 16.9 Å². The van der Waals surface area contributed by atoms with Crippen molar-refractivity contribution in [3.63, 3.8) is 0 Å². The highest BCUT2D eigenvalue weighted by atomic mass is 16.5. The Bertz CT molecular complexity index is 1080. The molecule has 0 spiro atoms. The summed E-state index contributed by atoms with van der Waals surface area (Å²) in [5.41, 5.74) is 7.51. The quantitative estimate of drug-likeness (QED) is 0.399. The largest absolute Gasteiger partial charge is 0.490 e. The van der Waals surface area contributed by atoms with Crippen molar-refractivity contribution in [2.24, 2.45) is 0 Å². The van der Waals surface area contributed by atoms with Gasteiger partial charge < -0.3 is 14.6 Å². The van der Waals surface area contributed by atoms with Crippen LogP contribution in [0.5, 0.6) is 5.75 Å². The second-order valence-corrected chi connectivity index (χ2v) is 7.59. The molecule has 1 N–H and O–H groups in total. The van der Waals surface area contributed by atoms with Gasteiger partial charge in [0.05, 0.1) is 0 Å². The van der Waals surface area contributed by atoms with Gasteiger partial charge in [0, 0.05) is 13.0 Å². The van der Waals surface area contributed by atoms with Gasteiger partial charge in [-0.1, -0.05) is 60.7 Å². The third-order valence-electron chi connectivity index (χ3n) is 5.46. The molecule has 0 aromatic heterocycles. The Morgan fingerprint density at radius 1 is 1.03 bits per heavy atom. The van der Waals surface area contributed by atoms with E-state index in [1.54, 1.807) is 6.92 Å². The van der Waals surface area contributed by atoms with Gasteiger partial charge in [-0.05, 0) is 64.9 Å². The Hall–Kier alpha value is -3.37. The molecule has 3 aromatic carbocycles. The standard InChI is InChI=1S/C27H26O4/c1-2-30-26(27(28)29)17-20-9-12-23(13-10-20)31-15-5-6-19-11-14-25-22(16-19)18-21-7-3-4-8-24(21)25/h3-14,16,26H,2,15,17-18H2,1H3,(H,28,29)/b6-5+/t26-/m0/s1. The molecule has 31 heavy (non-hydrogen) atoms. The van der Waals surface area contributed by atoms with E-state index in [2.05, 4.69) is 48.5 Å². The van der Waals surface area contributed by atoms with Gasteiger partial charge >= 0.3 is 5.97 Å². The molecule has 0 amide bonds. The van der Waals surface area contributed by atoms with E-state index in [9.17, 15) is 9.90 Å². The molecule has 0 aliphatic heterocycles. The average molecular weight is 415 g/mol. The molecule has 0 heterocycles. The summed E-state index contributed by atoms with van der Waals surface area (Å²) in [6.45, 7) is 2.64. The first-order valence-electron chi connectivity index (χ1n) is 10.6. The van der Waals surface area contributed by atoms with Crippen LogP contribution in [0, 0.1) is 0 Å². The van der Waals surface area contributed by atoms with Crippen molar-refractivity contribution in [2.75, 3.05) is 13.2 Å². The zero-order chi connectivity index (χ0) is 21.6. The Labute approximate surface area is 182 Å². The van der Waals surface area contributed by atoms with E-state index in [0.717, 1.165) is 17.7 Å². The molecule has 0 unspecified atom stereocenters. The summed E-state index contributed by atoms with van der Waals surface area (Å²) in [5, 5.41) is 9.20. The van der Waals surface area contributed by atoms with Crippen LogP contribution in [0.25, 0.3) is 17.2 Å². The van der Waals surface area contributed by atoms with Crippen LogP contribution >= 0.6 is 0 Å². The highest BCUT2D eigenvalue weighted by molar-refractivity contribution is 5.78. The molecule has 158 valence electrons. The summed E-state index contributed by atoms with van der Waals surface area (Å²) in [5.74, 6) is -0.191. The van der Waals surface area contributed by atoms with E-state index in [0.29, 0.717) is 19.6 Å². The van der Waals surface area contributed by atoms with Crippen molar-refractivity contribution < 1.29 is 19.4 Å². The molecule has 0 bridgehead atoms. The van der Waals surface area contributed by atoms with Gasteiger partial charge in [-0.3, -0.25) is 0 Å². The van der Waals surface area contributed by atoms with Crippen molar-refractivity contribution in [2.45, 2.75) is 25.9 Å². The molecule has 0 saturated heterocycles. The number of carboxylic acids is 1. The monoisotopic (exact) mass is 414 g/mol. The normalized spacial score (nSPS) is 13.1. The minimum Gasteiger partial charge on any atom is -0.490 e. The predicted octanol–water partition coefficient (Wildman–Crippen LogP) is 5.38. The lowest BCUT2D eigenvalue weighted by atomic mass is 10.0. The molecule has 0 fully saturated rings. The summed E-state index contributed by atoms with van der Waals surface area (Å²) in [7, 11) is 0. The van der Waals surface area contributed by atoms with Crippen LogP contribution < -0.4 is 4.74 Å². The minimum absolute atomic E-state index is 0.339. The molecule has 1 aliphatic carbocycles. The Morgan fingerprint density at radius 2 is 1.81 bits per heavy atom. The van der Waals surface area contributed by atoms with Crippen molar-refractivity contribution in [1.29, 1.82) is 0 Å². The van der Waals surface area contributed by atoms with Gasteiger partial charge in [0.15, 0.2) is 6.10 Å². The second-order valence-electron chi connectivity index (χ2n) is 7.59. The molecule has 3 aromatic rings. The minimum atomic E-state index is -0.942. The number of rotatable bonds is 9. The Kier molecular flexibility index (Phi) is 6.48. The van der Waals surface area contributed by atoms with E-state index in [1.165, 1.54) is 27.8 Å². The van der Waals surface area contributed by atoms with Crippen LogP contribution in [0.15, 0.2) is 72.8 Å². The number of aliphatic carboxylic acids is 1. The fourth-order valence-corrected chi connectivity index (χ4v) is 3.95. The lowest BCUT2D eigenvalue weighted by Gasteiger charge is -2.12. The summed E-state index contributed by atoms with van der Waals surface area (Å²) in [4.78, 5) is 11.2. The van der Waals surface area contributed by atoms with Crippen LogP contribution in [0.1, 0.15) is 29.2 Å². The first-order chi connectivity index (χ1) is 15.1. The molecular formula is C27H26O4. The van der Waals surface area contributed by atoms with Gasteiger partial charge in [0.25, 0.3) is 0 Å². The number of benzene rings is 3.